The molecule has 0 aliphatic rings. The maximum atomic E-state index is 11.9. The molecule has 7 heteroatoms. The van der Waals surface area contributed by atoms with Gasteiger partial charge in [0.1, 0.15) is 0 Å². The molecule has 0 N–H and O–H groups in total. The minimum absolute atomic E-state index is 0.159. The molecule has 6 nitrogen and oxygen atoms in total. The van der Waals surface area contributed by atoms with Gasteiger partial charge in [-0.25, -0.2) is 9.78 Å². The van der Waals surface area contributed by atoms with Crippen LogP contribution in [0.25, 0.3) is 0 Å². The third-order valence-electron chi connectivity index (χ3n) is 2.17. The molecule has 0 aliphatic heterocycles. The fourth-order valence-electron chi connectivity index (χ4n) is 1.45. The molecule has 1 aromatic heterocycles. The van der Waals surface area contributed by atoms with E-state index >= 15 is 0 Å². The van der Waals surface area contributed by atoms with Gasteiger partial charge in [-0.3, -0.25) is 4.79 Å². The van der Waals surface area contributed by atoms with Crippen molar-refractivity contribution in [2.75, 3.05) is 13.7 Å². The van der Waals surface area contributed by atoms with Gasteiger partial charge in [-0.05, 0) is 19.1 Å². The zero-order valence-electron chi connectivity index (χ0n) is 10.9. The van der Waals surface area contributed by atoms with Crippen LogP contribution in [0.15, 0.2) is 18.3 Å². The van der Waals surface area contributed by atoms with Gasteiger partial charge >= 0.3 is 11.9 Å². The van der Waals surface area contributed by atoms with Gasteiger partial charge < -0.3 is 14.2 Å². The standard InChI is InChI=1S/C12H15NO5S/c1-4-17-10-9(6-5-7-13-10)12(19,11(15)16-3)18-8(2)14/h5-7,19H,4H2,1-3H3. The topological polar surface area (TPSA) is 74.7 Å². The molecule has 0 saturated carbocycles. The van der Waals surface area contributed by atoms with Crippen LogP contribution in [0.5, 0.6) is 5.88 Å². The molecule has 1 atom stereocenters. The van der Waals surface area contributed by atoms with Crippen molar-refractivity contribution < 1.29 is 23.8 Å². The molecular weight excluding hydrogens is 270 g/mol. The summed E-state index contributed by atoms with van der Waals surface area (Å²) in [7, 11) is 1.17. The van der Waals surface area contributed by atoms with Crippen LogP contribution in [0.3, 0.4) is 0 Å². The zero-order chi connectivity index (χ0) is 14.5. The molecule has 19 heavy (non-hydrogen) atoms. The highest BCUT2D eigenvalue weighted by molar-refractivity contribution is 7.82. The highest BCUT2D eigenvalue weighted by Gasteiger charge is 2.44. The fourth-order valence-corrected chi connectivity index (χ4v) is 1.84. The summed E-state index contributed by atoms with van der Waals surface area (Å²) in [5.74, 6) is -1.35. The van der Waals surface area contributed by atoms with E-state index in [1.807, 2.05) is 0 Å². The average Bonchev–Trinajstić information content (AvgIpc) is 2.37. The van der Waals surface area contributed by atoms with Gasteiger partial charge in [0.05, 0.1) is 19.3 Å². The number of nitrogens with zero attached hydrogens (tertiary/aromatic N) is 1. The van der Waals surface area contributed by atoms with Crippen molar-refractivity contribution in [3.63, 3.8) is 0 Å². The first-order valence-corrected chi connectivity index (χ1v) is 5.99. The second-order valence-corrected chi connectivity index (χ2v) is 4.15. The monoisotopic (exact) mass is 285 g/mol. The summed E-state index contributed by atoms with van der Waals surface area (Å²) in [6.45, 7) is 3.28. The van der Waals surface area contributed by atoms with Crippen molar-refractivity contribution in [2.45, 2.75) is 18.8 Å². The Kier molecular flexibility index (Phi) is 5.17. The Morgan fingerprint density at radius 3 is 2.68 bits per heavy atom. The first kappa shape index (κ1) is 15.3. The molecule has 0 aromatic carbocycles. The Morgan fingerprint density at radius 1 is 1.47 bits per heavy atom. The first-order valence-electron chi connectivity index (χ1n) is 5.54. The molecule has 0 bridgehead atoms. The van der Waals surface area contributed by atoms with Crippen LogP contribution in [0.1, 0.15) is 19.4 Å². The van der Waals surface area contributed by atoms with E-state index in [4.69, 9.17) is 9.47 Å². The Bertz CT molecular complexity index is 479. The van der Waals surface area contributed by atoms with Crippen molar-refractivity contribution in [2.24, 2.45) is 0 Å². The molecule has 0 spiro atoms. The van der Waals surface area contributed by atoms with Crippen LogP contribution in [-0.2, 0) is 24.0 Å². The number of hydrogen-bond acceptors (Lipinski definition) is 7. The number of hydrogen-bond donors (Lipinski definition) is 1. The third kappa shape index (κ3) is 3.37. The van der Waals surface area contributed by atoms with Crippen molar-refractivity contribution in [3.05, 3.63) is 23.9 Å². The van der Waals surface area contributed by atoms with Gasteiger partial charge in [-0.1, -0.05) is 0 Å². The number of methoxy groups -OCH3 is 1. The molecule has 0 aliphatic carbocycles. The third-order valence-corrected chi connectivity index (χ3v) is 2.69. The lowest BCUT2D eigenvalue weighted by molar-refractivity contribution is -0.169. The second kappa shape index (κ2) is 6.42. The predicted octanol–water partition coefficient (Wildman–Crippen LogP) is 1.30. The summed E-state index contributed by atoms with van der Waals surface area (Å²) in [5, 5.41) is 0. The highest BCUT2D eigenvalue weighted by atomic mass is 32.1. The van der Waals surface area contributed by atoms with E-state index in [9.17, 15) is 9.59 Å². The van der Waals surface area contributed by atoms with Crippen LogP contribution < -0.4 is 4.74 Å². The lowest BCUT2D eigenvalue weighted by Gasteiger charge is -2.26. The van der Waals surface area contributed by atoms with Gasteiger partial charge in [0.2, 0.25) is 5.88 Å². The second-order valence-electron chi connectivity index (χ2n) is 3.52. The van der Waals surface area contributed by atoms with Crippen LogP contribution in [0.2, 0.25) is 0 Å². The largest absolute Gasteiger partial charge is 0.478 e. The van der Waals surface area contributed by atoms with Gasteiger partial charge in [-0.15, -0.1) is 12.6 Å². The van der Waals surface area contributed by atoms with Gasteiger partial charge in [0.25, 0.3) is 4.93 Å². The SMILES string of the molecule is CCOc1ncccc1C(S)(OC(C)=O)C(=O)OC. The minimum atomic E-state index is -1.89. The Labute approximate surface area is 116 Å². The molecule has 1 rings (SSSR count). The summed E-state index contributed by atoms with van der Waals surface area (Å²) in [5.41, 5.74) is 0.210. The molecule has 0 radical (unpaired) electrons. The lowest BCUT2D eigenvalue weighted by atomic mass is 10.1. The summed E-state index contributed by atoms with van der Waals surface area (Å²) in [6, 6.07) is 3.11. The van der Waals surface area contributed by atoms with Gasteiger partial charge in [0, 0.05) is 13.1 Å². The van der Waals surface area contributed by atoms with E-state index < -0.39 is 16.9 Å². The Hall–Kier alpha value is -1.76. The van der Waals surface area contributed by atoms with E-state index in [1.54, 1.807) is 13.0 Å². The first-order chi connectivity index (χ1) is 8.95. The van der Waals surface area contributed by atoms with E-state index in [2.05, 4.69) is 22.3 Å². The van der Waals surface area contributed by atoms with Gasteiger partial charge in [0.15, 0.2) is 0 Å². The zero-order valence-corrected chi connectivity index (χ0v) is 11.8. The molecule has 0 fully saturated rings. The van der Waals surface area contributed by atoms with Crippen LogP contribution in [-0.4, -0.2) is 30.6 Å². The highest BCUT2D eigenvalue weighted by Crippen LogP contribution is 2.36. The molecular formula is C12H15NO5S. The number of aromatic nitrogens is 1. The predicted molar refractivity (Wildman–Crippen MR) is 69.9 cm³/mol. The molecule has 1 aromatic rings. The van der Waals surface area contributed by atoms with Crippen molar-refractivity contribution in [1.82, 2.24) is 4.98 Å². The summed E-state index contributed by atoms with van der Waals surface area (Å²) >= 11 is 4.15. The number of rotatable bonds is 5. The number of ether oxygens (including phenoxy) is 3. The van der Waals surface area contributed by atoms with Crippen LogP contribution >= 0.6 is 12.6 Å². The number of thiol groups is 1. The Morgan fingerprint density at radius 2 is 2.16 bits per heavy atom. The molecule has 0 saturated heterocycles. The maximum absolute atomic E-state index is 11.9. The number of carbonyl (C=O) groups excluding carboxylic acids is 2. The molecule has 1 heterocycles. The number of esters is 2. The van der Waals surface area contributed by atoms with E-state index in [1.165, 1.54) is 26.3 Å². The fraction of sp³-hybridized carbons (Fsp3) is 0.417. The van der Waals surface area contributed by atoms with Crippen LogP contribution in [0.4, 0.5) is 0 Å². The summed E-state index contributed by atoms with van der Waals surface area (Å²) in [4.78, 5) is 25.1. The number of carbonyl (C=O) groups is 2. The number of pyridine rings is 1. The normalized spacial score (nSPS) is 13.3. The van der Waals surface area contributed by atoms with Crippen LogP contribution in [0, 0.1) is 0 Å². The smallest absolute Gasteiger partial charge is 0.366 e. The Balaban J connectivity index is 3.32. The summed E-state index contributed by atoms with van der Waals surface area (Å²) in [6.07, 6.45) is 1.49. The summed E-state index contributed by atoms with van der Waals surface area (Å²) < 4.78 is 14.9. The molecule has 104 valence electrons. The maximum Gasteiger partial charge on any atom is 0.366 e. The van der Waals surface area contributed by atoms with Crippen molar-refractivity contribution in [1.29, 1.82) is 0 Å². The van der Waals surface area contributed by atoms with E-state index in [0.717, 1.165) is 0 Å². The molecule has 1 unspecified atom stereocenters. The van der Waals surface area contributed by atoms with E-state index in [-0.39, 0.29) is 11.4 Å². The quantitative estimate of drug-likeness (QED) is 0.499. The van der Waals surface area contributed by atoms with Gasteiger partial charge in [-0.2, -0.15) is 0 Å². The molecule has 0 amide bonds. The average molecular weight is 285 g/mol. The van der Waals surface area contributed by atoms with Crippen molar-refractivity contribution >= 4 is 24.6 Å². The van der Waals surface area contributed by atoms with E-state index in [0.29, 0.717) is 6.61 Å². The minimum Gasteiger partial charge on any atom is -0.478 e. The van der Waals surface area contributed by atoms with Crippen molar-refractivity contribution in [3.8, 4) is 5.88 Å². The lowest BCUT2D eigenvalue weighted by Crippen LogP contribution is -2.36.